The van der Waals surface area contributed by atoms with Gasteiger partial charge >= 0.3 is 6.36 Å². The fourth-order valence-corrected chi connectivity index (χ4v) is 3.45. The maximum atomic E-state index is 13.3. The van der Waals surface area contributed by atoms with Crippen molar-refractivity contribution in [3.63, 3.8) is 0 Å². The zero-order chi connectivity index (χ0) is 22.7. The lowest BCUT2D eigenvalue weighted by Crippen LogP contribution is -2.21. The third kappa shape index (κ3) is 5.13. The van der Waals surface area contributed by atoms with Crippen molar-refractivity contribution in [3.05, 3.63) is 66.4 Å². The maximum Gasteiger partial charge on any atom is 0.573 e. The second kappa shape index (κ2) is 8.81. The molecule has 0 aliphatic carbocycles. The van der Waals surface area contributed by atoms with Crippen LogP contribution in [0, 0.1) is 5.95 Å². The normalized spacial score (nSPS) is 13.8. The fourth-order valence-electron chi connectivity index (χ4n) is 3.45. The monoisotopic (exact) mass is 446 g/mol. The van der Waals surface area contributed by atoms with Crippen molar-refractivity contribution in [2.45, 2.75) is 19.2 Å². The van der Waals surface area contributed by atoms with Crippen LogP contribution >= 0.6 is 0 Å². The van der Waals surface area contributed by atoms with Gasteiger partial charge in [-0.15, -0.1) is 13.2 Å². The predicted octanol–water partition coefficient (Wildman–Crippen LogP) is 5.03. The number of ether oxygens (including phenoxy) is 1. The maximum absolute atomic E-state index is 13.3. The average Bonchev–Trinajstić information content (AvgIpc) is 3.29. The van der Waals surface area contributed by atoms with Crippen LogP contribution in [0.25, 0.3) is 11.1 Å². The topological polar surface area (TPSA) is 67.3 Å². The van der Waals surface area contributed by atoms with Gasteiger partial charge < -0.3 is 15.0 Å². The molecule has 1 N–H and O–H groups in total. The van der Waals surface area contributed by atoms with Crippen molar-refractivity contribution in [2.75, 3.05) is 23.3 Å². The van der Waals surface area contributed by atoms with Gasteiger partial charge in [-0.25, -0.2) is 9.97 Å². The number of halogens is 4. The highest BCUT2D eigenvalue weighted by Crippen LogP contribution is 2.32. The van der Waals surface area contributed by atoms with E-state index in [1.54, 1.807) is 12.1 Å². The molecule has 32 heavy (non-hydrogen) atoms. The molecule has 1 saturated heterocycles. The van der Waals surface area contributed by atoms with Crippen LogP contribution in [-0.4, -0.2) is 35.3 Å². The highest BCUT2D eigenvalue weighted by Gasteiger charge is 2.31. The second-order valence-electron chi connectivity index (χ2n) is 7.19. The number of benzene rings is 1. The predicted molar refractivity (Wildman–Crippen MR) is 110 cm³/mol. The minimum atomic E-state index is -4.79. The summed E-state index contributed by atoms with van der Waals surface area (Å²) in [5.74, 6) is -0.818. The molecule has 166 valence electrons. The Morgan fingerprint density at radius 1 is 1.00 bits per heavy atom. The summed E-state index contributed by atoms with van der Waals surface area (Å²) in [6.45, 7) is 1.65. The summed E-state index contributed by atoms with van der Waals surface area (Å²) >= 11 is 0. The first-order chi connectivity index (χ1) is 15.3. The minimum absolute atomic E-state index is 0.239. The smallest absolute Gasteiger partial charge is 0.406 e. The van der Waals surface area contributed by atoms with Crippen LogP contribution in [0.1, 0.15) is 23.2 Å². The van der Waals surface area contributed by atoms with E-state index >= 15 is 0 Å². The molecule has 0 bridgehead atoms. The summed E-state index contributed by atoms with van der Waals surface area (Å²) in [5.41, 5.74) is 1.78. The number of aromatic nitrogens is 2. The van der Waals surface area contributed by atoms with E-state index in [0.717, 1.165) is 38.1 Å². The number of pyridine rings is 2. The second-order valence-corrected chi connectivity index (χ2v) is 7.19. The molecule has 6 nitrogen and oxygen atoms in total. The van der Waals surface area contributed by atoms with Crippen molar-refractivity contribution in [2.24, 2.45) is 0 Å². The van der Waals surface area contributed by atoms with E-state index in [1.165, 1.54) is 30.6 Å². The molecule has 0 atom stereocenters. The number of nitrogens with zero attached hydrogens (tertiary/aromatic N) is 3. The Bertz CT molecular complexity index is 1100. The number of nitrogens with one attached hydrogen (secondary N) is 1. The number of hydrogen-bond donors (Lipinski definition) is 1. The van der Waals surface area contributed by atoms with Crippen LogP contribution in [0.2, 0.25) is 0 Å². The number of anilines is 2. The molecule has 1 aliphatic heterocycles. The molecule has 0 saturated carbocycles. The molecule has 10 heteroatoms. The van der Waals surface area contributed by atoms with E-state index in [2.05, 4.69) is 24.9 Å². The minimum Gasteiger partial charge on any atom is -0.406 e. The van der Waals surface area contributed by atoms with Crippen molar-refractivity contribution in [1.29, 1.82) is 0 Å². The Morgan fingerprint density at radius 3 is 2.34 bits per heavy atom. The van der Waals surface area contributed by atoms with Crippen LogP contribution in [0.4, 0.5) is 29.1 Å². The van der Waals surface area contributed by atoms with Crippen LogP contribution in [0.5, 0.6) is 5.75 Å². The van der Waals surface area contributed by atoms with Crippen molar-refractivity contribution in [1.82, 2.24) is 9.97 Å². The summed E-state index contributed by atoms with van der Waals surface area (Å²) in [6, 6.07) is 9.26. The fraction of sp³-hybridized carbons (Fsp3) is 0.227. The molecular weight excluding hydrogens is 428 g/mol. The van der Waals surface area contributed by atoms with Gasteiger partial charge in [0.2, 0.25) is 5.95 Å². The number of amides is 1. The van der Waals surface area contributed by atoms with Gasteiger partial charge in [-0.05, 0) is 55.3 Å². The molecule has 0 unspecified atom stereocenters. The quantitative estimate of drug-likeness (QED) is 0.440. The third-order valence-corrected chi connectivity index (χ3v) is 4.92. The van der Waals surface area contributed by atoms with Gasteiger partial charge in [0.15, 0.2) is 0 Å². The lowest BCUT2D eigenvalue weighted by atomic mass is 10.1. The first-order valence-corrected chi connectivity index (χ1v) is 9.82. The van der Waals surface area contributed by atoms with E-state index in [-0.39, 0.29) is 11.3 Å². The molecule has 2 aromatic heterocycles. The number of carbonyl (C=O) groups excluding carboxylic acids is 1. The largest absolute Gasteiger partial charge is 0.573 e. The first kappa shape index (κ1) is 21.5. The summed E-state index contributed by atoms with van der Waals surface area (Å²) < 4.78 is 54.0. The van der Waals surface area contributed by atoms with E-state index in [1.807, 2.05) is 0 Å². The number of rotatable bonds is 5. The Morgan fingerprint density at radius 2 is 1.72 bits per heavy atom. The first-order valence-electron chi connectivity index (χ1n) is 9.82. The van der Waals surface area contributed by atoms with Gasteiger partial charge in [0.1, 0.15) is 11.6 Å². The molecule has 1 aromatic carbocycles. The third-order valence-electron chi connectivity index (χ3n) is 4.92. The molecule has 3 heterocycles. The Kier molecular flexibility index (Phi) is 5.93. The average molecular weight is 446 g/mol. The molecule has 0 radical (unpaired) electrons. The van der Waals surface area contributed by atoms with Gasteiger partial charge in [-0.3, -0.25) is 4.79 Å². The van der Waals surface area contributed by atoms with Crippen LogP contribution in [-0.2, 0) is 0 Å². The zero-order valence-corrected chi connectivity index (χ0v) is 16.7. The molecular formula is C22H18F4N4O2. The van der Waals surface area contributed by atoms with E-state index < -0.39 is 24.0 Å². The molecule has 1 aliphatic rings. The number of alkyl halides is 3. The standard InChI is InChI=1S/C22H18F4N4O2/c23-19-8-3-14(12-27-19)18-11-15(13-28-20(18)30-9-1-2-10-30)21(31)29-16-4-6-17(7-5-16)32-22(24,25)26/h3-8,11-13H,1-2,9-10H2,(H,29,31). The highest BCUT2D eigenvalue weighted by molar-refractivity contribution is 6.05. The number of hydrogen-bond acceptors (Lipinski definition) is 5. The Hall–Kier alpha value is -3.69. The highest BCUT2D eigenvalue weighted by atomic mass is 19.4. The Labute approximate surface area is 180 Å². The van der Waals surface area contributed by atoms with Gasteiger partial charge in [0.25, 0.3) is 5.91 Å². The van der Waals surface area contributed by atoms with Crippen LogP contribution < -0.4 is 15.0 Å². The molecule has 1 amide bonds. The van der Waals surface area contributed by atoms with Crippen LogP contribution in [0.15, 0.2) is 54.9 Å². The van der Waals surface area contributed by atoms with Crippen molar-refractivity contribution in [3.8, 4) is 16.9 Å². The van der Waals surface area contributed by atoms with Gasteiger partial charge in [0.05, 0.1) is 5.56 Å². The summed E-state index contributed by atoms with van der Waals surface area (Å²) in [6.07, 6.45) is 0.0782. The lowest BCUT2D eigenvalue weighted by Gasteiger charge is -2.20. The van der Waals surface area contributed by atoms with E-state index in [0.29, 0.717) is 16.9 Å². The lowest BCUT2D eigenvalue weighted by molar-refractivity contribution is -0.274. The molecule has 4 rings (SSSR count). The number of carbonyl (C=O) groups is 1. The van der Waals surface area contributed by atoms with Gasteiger partial charge in [-0.2, -0.15) is 4.39 Å². The SMILES string of the molecule is O=C(Nc1ccc(OC(F)(F)F)cc1)c1cnc(N2CCCC2)c(-c2ccc(F)nc2)c1. The zero-order valence-electron chi connectivity index (χ0n) is 16.7. The van der Waals surface area contributed by atoms with E-state index in [9.17, 15) is 22.4 Å². The molecule has 0 spiro atoms. The molecule has 1 fully saturated rings. The van der Waals surface area contributed by atoms with Crippen molar-refractivity contribution < 1.29 is 27.1 Å². The summed E-state index contributed by atoms with van der Waals surface area (Å²) in [4.78, 5) is 23.0. The molecule has 3 aromatic rings. The Balaban J connectivity index is 1.58. The van der Waals surface area contributed by atoms with E-state index in [4.69, 9.17) is 0 Å². The van der Waals surface area contributed by atoms with Crippen LogP contribution in [0.3, 0.4) is 0 Å². The van der Waals surface area contributed by atoms with Gasteiger partial charge in [-0.1, -0.05) is 0 Å². The summed E-state index contributed by atoms with van der Waals surface area (Å²) in [7, 11) is 0. The van der Waals surface area contributed by atoms with Crippen molar-refractivity contribution >= 4 is 17.4 Å². The summed E-state index contributed by atoms with van der Waals surface area (Å²) in [5, 5.41) is 2.62. The van der Waals surface area contributed by atoms with Gasteiger partial charge in [0, 0.05) is 42.3 Å².